The number of carbonyl (C=O) groups excluding carboxylic acids is 2. The minimum absolute atomic E-state index is 0.313. The molecule has 0 unspecified atom stereocenters. The lowest BCUT2D eigenvalue weighted by Gasteiger charge is -2.12. The Labute approximate surface area is 217 Å². The van der Waals surface area contributed by atoms with Crippen LogP contribution >= 0.6 is 0 Å². The van der Waals surface area contributed by atoms with Crippen LogP contribution in [0.25, 0.3) is 21.9 Å². The summed E-state index contributed by atoms with van der Waals surface area (Å²) in [7, 11) is 0. The van der Waals surface area contributed by atoms with Crippen LogP contribution < -0.4 is 9.47 Å². The number of hydrogen-bond acceptors (Lipinski definition) is 4. The Hall–Kier alpha value is -4.70. The van der Waals surface area contributed by atoms with Crippen molar-refractivity contribution in [3.63, 3.8) is 0 Å². The van der Waals surface area contributed by atoms with Crippen LogP contribution in [0.1, 0.15) is 30.1 Å². The van der Waals surface area contributed by atoms with E-state index < -0.39 is 11.9 Å². The lowest BCUT2D eigenvalue weighted by Crippen LogP contribution is -2.09. The summed E-state index contributed by atoms with van der Waals surface area (Å²) in [6, 6.07) is 27.9. The number of hydrogen-bond donors (Lipinski definition) is 0. The topological polar surface area (TPSA) is 52.6 Å². The van der Waals surface area contributed by atoms with Gasteiger partial charge in [0.2, 0.25) is 0 Å². The monoisotopic (exact) mass is 488 g/mol. The first-order chi connectivity index (χ1) is 18.1. The third-order valence-corrected chi connectivity index (χ3v) is 5.79. The Morgan fingerprint density at radius 1 is 0.757 bits per heavy atom. The molecule has 37 heavy (non-hydrogen) atoms. The smallest absolute Gasteiger partial charge is 0.343 e. The number of benzene rings is 4. The van der Waals surface area contributed by atoms with Gasteiger partial charge in [0.25, 0.3) is 0 Å². The standard InChI is InChI=1S/C33H28O4/c1-3-5-11-24(4-2)18-23-31(34)36-29-16-9-14-27-15-10-17-30(32(27)29)37-33(35)28-21-19-26(20-22-28)25-12-7-6-8-13-25/h4,6-23H,2-3,5H2,1H3/b23-18+,24-11+. The minimum Gasteiger partial charge on any atom is -0.423 e. The number of fused-ring (bicyclic) bond motifs is 1. The summed E-state index contributed by atoms with van der Waals surface area (Å²) < 4.78 is 11.4. The predicted molar refractivity (Wildman–Crippen MR) is 149 cm³/mol. The van der Waals surface area contributed by atoms with E-state index in [4.69, 9.17) is 9.47 Å². The average molecular weight is 489 g/mol. The van der Waals surface area contributed by atoms with Gasteiger partial charge in [-0.3, -0.25) is 0 Å². The highest BCUT2D eigenvalue weighted by atomic mass is 16.5. The van der Waals surface area contributed by atoms with E-state index in [-0.39, 0.29) is 0 Å². The highest BCUT2D eigenvalue weighted by Crippen LogP contribution is 2.35. The third kappa shape index (κ3) is 6.50. The van der Waals surface area contributed by atoms with Gasteiger partial charge in [0, 0.05) is 6.08 Å². The molecule has 0 radical (unpaired) electrons. The molecule has 0 spiro atoms. The molecule has 0 amide bonds. The van der Waals surface area contributed by atoms with Crippen molar-refractivity contribution in [3.05, 3.63) is 133 Å². The van der Waals surface area contributed by atoms with E-state index in [1.54, 1.807) is 48.6 Å². The van der Waals surface area contributed by atoms with E-state index in [0.29, 0.717) is 22.4 Å². The number of carbonyl (C=O) groups is 2. The molecule has 0 saturated carbocycles. The van der Waals surface area contributed by atoms with E-state index in [1.807, 2.05) is 60.7 Å². The normalized spacial score (nSPS) is 11.4. The van der Waals surface area contributed by atoms with Crippen molar-refractivity contribution in [2.45, 2.75) is 19.8 Å². The summed E-state index contributed by atoms with van der Waals surface area (Å²) in [6.07, 6.45) is 8.65. The number of unbranched alkanes of at least 4 members (excludes halogenated alkanes) is 1. The van der Waals surface area contributed by atoms with E-state index in [0.717, 1.165) is 34.9 Å². The molecule has 0 aliphatic heterocycles. The van der Waals surface area contributed by atoms with Crippen LogP contribution in [-0.4, -0.2) is 11.9 Å². The van der Waals surface area contributed by atoms with Crippen molar-refractivity contribution < 1.29 is 19.1 Å². The van der Waals surface area contributed by atoms with E-state index in [2.05, 4.69) is 13.5 Å². The molecule has 0 aliphatic carbocycles. The Morgan fingerprint density at radius 3 is 2.05 bits per heavy atom. The highest BCUT2D eigenvalue weighted by molar-refractivity contribution is 5.99. The Kier molecular flexibility index (Phi) is 8.45. The number of ether oxygens (including phenoxy) is 2. The summed E-state index contributed by atoms with van der Waals surface area (Å²) in [6.45, 7) is 5.86. The van der Waals surface area contributed by atoms with Gasteiger partial charge >= 0.3 is 11.9 Å². The molecule has 0 atom stereocenters. The van der Waals surface area contributed by atoms with Gasteiger partial charge in [-0.05, 0) is 58.8 Å². The summed E-state index contributed by atoms with van der Waals surface area (Å²) in [5, 5.41) is 1.33. The van der Waals surface area contributed by atoms with Crippen molar-refractivity contribution in [2.75, 3.05) is 0 Å². The minimum atomic E-state index is -0.533. The summed E-state index contributed by atoms with van der Waals surface area (Å²) >= 11 is 0. The molecule has 4 rings (SSSR count). The van der Waals surface area contributed by atoms with Gasteiger partial charge in [0.15, 0.2) is 0 Å². The van der Waals surface area contributed by atoms with Crippen LogP contribution in [0, 0.1) is 0 Å². The van der Waals surface area contributed by atoms with Crippen LogP contribution in [0.2, 0.25) is 0 Å². The lowest BCUT2D eigenvalue weighted by molar-refractivity contribution is -0.128. The molecule has 0 aliphatic rings. The molecule has 0 N–H and O–H groups in total. The van der Waals surface area contributed by atoms with Gasteiger partial charge in [-0.25, -0.2) is 9.59 Å². The molecule has 0 bridgehead atoms. The molecule has 4 heteroatoms. The van der Waals surface area contributed by atoms with Gasteiger partial charge in [0.05, 0.1) is 10.9 Å². The van der Waals surface area contributed by atoms with Crippen molar-refractivity contribution in [3.8, 4) is 22.6 Å². The first kappa shape index (κ1) is 25.4. The molecule has 0 saturated heterocycles. The summed E-state index contributed by atoms with van der Waals surface area (Å²) in [5.41, 5.74) is 3.35. The fourth-order valence-corrected chi connectivity index (χ4v) is 3.87. The van der Waals surface area contributed by atoms with Crippen molar-refractivity contribution in [1.82, 2.24) is 0 Å². The Balaban J connectivity index is 1.55. The second kappa shape index (κ2) is 12.3. The SMILES string of the molecule is C=CC(/C=C/C(=O)Oc1cccc2cccc(OC(=O)c3ccc(-c4ccccc4)cc3)c12)=C\CCC. The average Bonchev–Trinajstić information content (AvgIpc) is 2.94. The second-order valence-electron chi connectivity index (χ2n) is 8.39. The third-order valence-electron chi connectivity index (χ3n) is 5.79. The molecular weight excluding hydrogens is 460 g/mol. The maximum atomic E-state index is 13.0. The zero-order valence-electron chi connectivity index (χ0n) is 20.7. The Morgan fingerprint density at radius 2 is 1.41 bits per heavy atom. The number of esters is 2. The first-order valence-electron chi connectivity index (χ1n) is 12.2. The van der Waals surface area contributed by atoms with Crippen LogP contribution in [-0.2, 0) is 4.79 Å². The summed E-state index contributed by atoms with van der Waals surface area (Å²) in [4.78, 5) is 25.6. The number of rotatable bonds is 9. The molecular formula is C33H28O4. The Bertz CT molecular complexity index is 1460. The van der Waals surface area contributed by atoms with Crippen LogP contribution in [0.3, 0.4) is 0 Å². The maximum Gasteiger partial charge on any atom is 0.343 e. The summed E-state index contributed by atoms with van der Waals surface area (Å²) in [5.74, 6) is -0.400. The fourth-order valence-electron chi connectivity index (χ4n) is 3.87. The van der Waals surface area contributed by atoms with E-state index in [1.165, 1.54) is 6.08 Å². The van der Waals surface area contributed by atoms with Crippen LogP contribution in [0.4, 0.5) is 0 Å². The zero-order valence-corrected chi connectivity index (χ0v) is 20.7. The molecule has 4 aromatic carbocycles. The van der Waals surface area contributed by atoms with E-state index in [9.17, 15) is 9.59 Å². The van der Waals surface area contributed by atoms with Crippen LogP contribution in [0.5, 0.6) is 11.5 Å². The zero-order chi connectivity index (χ0) is 26.0. The quantitative estimate of drug-likeness (QED) is 0.103. The van der Waals surface area contributed by atoms with Crippen LogP contribution in [0.15, 0.2) is 127 Å². The molecule has 0 heterocycles. The lowest BCUT2D eigenvalue weighted by atomic mass is 10.0. The first-order valence-corrected chi connectivity index (χ1v) is 12.2. The highest BCUT2D eigenvalue weighted by Gasteiger charge is 2.15. The number of allylic oxidation sites excluding steroid dienone is 4. The molecule has 4 nitrogen and oxygen atoms in total. The molecule has 184 valence electrons. The molecule has 0 aromatic heterocycles. The molecule has 4 aromatic rings. The van der Waals surface area contributed by atoms with Gasteiger partial charge < -0.3 is 9.47 Å². The maximum absolute atomic E-state index is 13.0. The van der Waals surface area contributed by atoms with Gasteiger partial charge in [-0.15, -0.1) is 0 Å². The van der Waals surface area contributed by atoms with Gasteiger partial charge in [-0.1, -0.05) is 98.8 Å². The second-order valence-corrected chi connectivity index (χ2v) is 8.39. The predicted octanol–water partition coefficient (Wildman–Crippen LogP) is 8.10. The van der Waals surface area contributed by atoms with Crippen molar-refractivity contribution >= 4 is 22.7 Å². The van der Waals surface area contributed by atoms with Gasteiger partial charge in [-0.2, -0.15) is 0 Å². The van der Waals surface area contributed by atoms with Crippen molar-refractivity contribution in [2.24, 2.45) is 0 Å². The van der Waals surface area contributed by atoms with Gasteiger partial charge in [0.1, 0.15) is 11.5 Å². The largest absolute Gasteiger partial charge is 0.423 e. The fraction of sp³-hybridized carbons (Fsp3) is 0.0909. The van der Waals surface area contributed by atoms with Crippen molar-refractivity contribution in [1.29, 1.82) is 0 Å². The molecule has 0 fully saturated rings. The van der Waals surface area contributed by atoms with E-state index >= 15 is 0 Å².